The monoisotopic (exact) mass is 377 g/mol. The van der Waals surface area contributed by atoms with Gasteiger partial charge in [0.05, 0.1) is 6.04 Å². The number of hydrogen-bond donors (Lipinski definition) is 0. The van der Waals surface area contributed by atoms with E-state index in [9.17, 15) is 0 Å². The highest BCUT2D eigenvalue weighted by Gasteiger charge is 2.18. The van der Waals surface area contributed by atoms with Crippen LogP contribution in [0.4, 0.5) is 11.4 Å². The number of nitrogens with zero attached hydrogens (tertiary/aromatic N) is 1. The van der Waals surface area contributed by atoms with Gasteiger partial charge in [0.1, 0.15) is 0 Å². The molecule has 0 aliphatic rings. The Labute approximate surface area is 174 Å². The number of aryl methyl sites for hydroxylation is 2. The van der Waals surface area contributed by atoms with Crippen LogP contribution in [0.2, 0.25) is 0 Å². The van der Waals surface area contributed by atoms with Gasteiger partial charge in [-0.05, 0) is 61.7 Å². The van der Waals surface area contributed by atoms with Crippen LogP contribution >= 0.6 is 0 Å². The van der Waals surface area contributed by atoms with Crippen molar-refractivity contribution in [3.05, 3.63) is 120 Å². The largest absolute Gasteiger partial charge is 0.334 e. The third-order valence-electron chi connectivity index (χ3n) is 5.51. The molecule has 0 amide bonds. The molecule has 0 heterocycles. The van der Waals surface area contributed by atoms with Gasteiger partial charge in [-0.2, -0.15) is 0 Å². The molecule has 0 aliphatic carbocycles. The lowest BCUT2D eigenvalue weighted by molar-refractivity contribution is 0.773. The summed E-state index contributed by atoms with van der Waals surface area (Å²) in [6.07, 6.45) is 0. The molecule has 4 rings (SSSR count). The van der Waals surface area contributed by atoms with Gasteiger partial charge < -0.3 is 4.90 Å². The van der Waals surface area contributed by atoms with Gasteiger partial charge in [-0.15, -0.1) is 0 Å². The molecule has 4 aromatic carbocycles. The van der Waals surface area contributed by atoms with Gasteiger partial charge in [0.25, 0.3) is 0 Å². The van der Waals surface area contributed by atoms with E-state index in [0.717, 1.165) is 0 Å². The maximum absolute atomic E-state index is 2.41. The van der Waals surface area contributed by atoms with Crippen molar-refractivity contribution in [3.8, 4) is 11.1 Å². The van der Waals surface area contributed by atoms with Crippen molar-refractivity contribution in [2.75, 3.05) is 4.90 Å². The molecule has 0 N–H and O–H groups in total. The lowest BCUT2D eigenvalue weighted by atomic mass is 9.99. The number of hydrogen-bond acceptors (Lipinski definition) is 1. The Balaban J connectivity index is 1.70. The van der Waals surface area contributed by atoms with Crippen LogP contribution in [0.15, 0.2) is 103 Å². The number of benzene rings is 4. The van der Waals surface area contributed by atoms with E-state index in [4.69, 9.17) is 0 Å². The van der Waals surface area contributed by atoms with Crippen LogP contribution in [0.25, 0.3) is 11.1 Å². The molecule has 0 spiro atoms. The second kappa shape index (κ2) is 8.36. The highest BCUT2D eigenvalue weighted by atomic mass is 15.2. The molecular weight excluding hydrogens is 350 g/mol. The van der Waals surface area contributed by atoms with Crippen molar-refractivity contribution in [3.63, 3.8) is 0 Å². The molecule has 0 aliphatic heterocycles. The van der Waals surface area contributed by atoms with E-state index in [1.165, 1.54) is 39.2 Å². The van der Waals surface area contributed by atoms with Crippen molar-refractivity contribution < 1.29 is 0 Å². The van der Waals surface area contributed by atoms with Crippen LogP contribution in [0.3, 0.4) is 0 Å². The lowest BCUT2D eigenvalue weighted by Crippen LogP contribution is -2.21. The van der Waals surface area contributed by atoms with Crippen molar-refractivity contribution >= 4 is 11.4 Å². The van der Waals surface area contributed by atoms with Gasteiger partial charge in [-0.1, -0.05) is 90.0 Å². The van der Waals surface area contributed by atoms with E-state index >= 15 is 0 Å². The fourth-order valence-electron chi connectivity index (χ4n) is 3.74. The fraction of sp³-hybridized carbons (Fsp3) is 0.143. The standard InChI is InChI=1S/C28H27N/c1-21-9-17-27(18-10-21)29(28-19-11-22(2)12-20-28)23(3)24-13-15-26(16-14-24)25-7-5-4-6-8-25/h4-20,23H,1-3H3. The molecule has 0 radical (unpaired) electrons. The maximum atomic E-state index is 2.41. The summed E-state index contributed by atoms with van der Waals surface area (Å²) in [6.45, 7) is 6.54. The summed E-state index contributed by atoms with van der Waals surface area (Å²) in [5.41, 5.74) is 8.76. The van der Waals surface area contributed by atoms with E-state index < -0.39 is 0 Å². The van der Waals surface area contributed by atoms with Gasteiger partial charge in [0, 0.05) is 11.4 Å². The van der Waals surface area contributed by atoms with Gasteiger partial charge in [-0.25, -0.2) is 0 Å². The van der Waals surface area contributed by atoms with Crippen LogP contribution < -0.4 is 4.90 Å². The Morgan fingerprint density at radius 3 is 1.45 bits per heavy atom. The Morgan fingerprint density at radius 1 is 0.517 bits per heavy atom. The third-order valence-corrected chi connectivity index (χ3v) is 5.51. The van der Waals surface area contributed by atoms with Crippen molar-refractivity contribution in [1.29, 1.82) is 0 Å². The second-order valence-corrected chi connectivity index (χ2v) is 7.71. The van der Waals surface area contributed by atoms with Crippen LogP contribution in [0.1, 0.15) is 29.7 Å². The quantitative estimate of drug-likeness (QED) is 0.342. The maximum Gasteiger partial charge on any atom is 0.0563 e. The molecule has 0 saturated carbocycles. The topological polar surface area (TPSA) is 3.24 Å². The van der Waals surface area contributed by atoms with E-state index in [1.54, 1.807) is 0 Å². The van der Waals surface area contributed by atoms with Gasteiger partial charge in [0.2, 0.25) is 0 Å². The average molecular weight is 378 g/mol. The molecule has 1 heteroatoms. The zero-order chi connectivity index (χ0) is 20.2. The Hall–Kier alpha value is -3.32. The van der Waals surface area contributed by atoms with Crippen LogP contribution in [0, 0.1) is 13.8 Å². The SMILES string of the molecule is Cc1ccc(N(c2ccc(C)cc2)C(C)c2ccc(-c3ccccc3)cc2)cc1. The molecule has 4 aromatic rings. The van der Waals surface area contributed by atoms with E-state index in [0.29, 0.717) is 0 Å². The predicted molar refractivity (Wildman–Crippen MR) is 125 cm³/mol. The minimum absolute atomic E-state index is 0.213. The molecule has 0 saturated heterocycles. The lowest BCUT2D eigenvalue weighted by Gasteiger charge is -2.32. The molecule has 0 bridgehead atoms. The van der Waals surface area contributed by atoms with Crippen molar-refractivity contribution in [2.24, 2.45) is 0 Å². The number of rotatable bonds is 5. The van der Waals surface area contributed by atoms with Crippen LogP contribution in [0.5, 0.6) is 0 Å². The minimum atomic E-state index is 0.213. The first-order valence-corrected chi connectivity index (χ1v) is 10.2. The third kappa shape index (κ3) is 4.25. The summed E-state index contributed by atoms with van der Waals surface area (Å²) < 4.78 is 0. The Morgan fingerprint density at radius 2 is 0.966 bits per heavy atom. The molecule has 1 unspecified atom stereocenters. The minimum Gasteiger partial charge on any atom is -0.334 e. The first-order chi connectivity index (χ1) is 14.1. The zero-order valence-corrected chi connectivity index (χ0v) is 17.3. The zero-order valence-electron chi connectivity index (χ0n) is 17.3. The summed E-state index contributed by atoms with van der Waals surface area (Å²) in [5, 5.41) is 0. The van der Waals surface area contributed by atoms with E-state index in [2.05, 4.69) is 129 Å². The summed E-state index contributed by atoms with van der Waals surface area (Å²) in [4.78, 5) is 2.41. The van der Waals surface area contributed by atoms with Crippen LogP contribution in [-0.4, -0.2) is 0 Å². The highest BCUT2D eigenvalue weighted by molar-refractivity contribution is 5.67. The molecular formula is C28H27N. The summed E-state index contributed by atoms with van der Waals surface area (Å²) >= 11 is 0. The fourth-order valence-corrected chi connectivity index (χ4v) is 3.74. The summed E-state index contributed by atoms with van der Waals surface area (Å²) in [6, 6.07) is 37.3. The summed E-state index contributed by atoms with van der Waals surface area (Å²) in [5.74, 6) is 0. The first kappa shape index (κ1) is 19.0. The molecule has 29 heavy (non-hydrogen) atoms. The smallest absolute Gasteiger partial charge is 0.0563 e. The normalized spacial score (nSPS) is 11.8. The van der Waals surface area contributed by atoms with Gasteiger partial charge >= 0.3 is 0 Å². The van der Waals surface area contributed by atoms with Crippen molar-refractivity contribution in [1.82, 2.24) is 0 Å². The van der Waals surface area contributed by atoms with Crippen LogP contribution in [-0.2, 0) is 0 Å². The average Bonchev–Trinajstić information content (AvgIpc) is 2.77. The predicted octanol–water partition coefficient (Wildman–Crippen LogP) is 7.87. The van der Waals surface area contributed by atoms with Crippen molar-refractivity contribution in [2.45, 2.75) is 26.8 Å². The molecule has 0 aromatic heterocycles. The highest BCUT2D eigenvalue weighted by Crippen LogP contribution is 2.35. The van der Waals surface area contributed by atoms with E-state index in [1.807, 2.05) is 0 Å². The van der Waals surface area contributed by atoms with Gasteiger partial charge in [0.15, 0.2) is 0 Å². The molecule has 1 atom stereocenters. The molecule has 0 fully saturated rings. The summed E-state index contributed by atoms with van der Waals surface area (Å²) in [7, 11) is 0. The Bertz CT molecular complexity index is 1000. The Kier molecular flexibility index (Phi) is 5.48. The second-order valence-electron chi connectivity index (χ2n) is 7.71. The first-order valence-electron chi connectivity index (χ1n) is 10.2. The van der Waals surface area contributed by atoms with E-state index in [-0.39, 0.29) is 6.04 Å². The number of anilines is 2. The molecule has 1 nitrogen and oxygen atoms in total. The van der Waals surface area contributed by atoms with Gasteiger partial charge in [-0.3, -0.25) is 0 Å². The molecule has 144 valence electrons.